The molecule has 2 amide bonds. The molecule has 10 heteroatoms. The van der Waals surface area contributed by atoms with Gasteiger partial charge in [0, 0.05) is 6.54 Å². The molecule has 37 heavy (non-hydrogen) atoms. The van der Waals surface area contributed by atoms with Gasteiger partial charge in [-0.3, -0.25) is 9.59 Å². The van der Waals surface area contributed by atoms with E-state index in [4.69, 9.17) is 18.8 Å². The molecule has 1 heterocycles. The average Bonchev–Trinajstić information content (AvgIpc) is 2.86. The molecular formula is C27H49BN2O7. The van der Waals surface area contributed by atoms with Gasteiger partial charge in [-0.2, -0.15) is 0 Å². The zero-order chi connectivity index (χ0) is 28.8. The standard InChI is InChI=1S/C27H49BN2O7/c1-18(2)21(30-23(33)35-25(6,7)8)22(32)29-17-19(16-20(31)34-24(3,4)5)14-13-15-28-36-26(9,10)27(11,12)37-28/h19,21H,1,13-17H2,2-12H3,(H,29,32)(H,30,33)/t19-,21+/m1/s1. The summed E-state index contributed by atoms with van der Waals surface area (Å²) in [7, 11) is -0.326. The molecule has 2 atom stereocenters. The number of hydrogen-bond acceptors (Lipinski definition) is 7. The van der Waals surface area contributed by atoms with E-state index in [-0.39, 0.29) is 32.0 Å². The van der Waals surface area contributed by atoms with Crippen LogP contribution in [0.1, 0.15) is 95.4 Å². The third-order valence-electron chi connectivity index (χ3n) is 6.21. The third kappa shape index (κ3) is 11.9. The van der Waals surface area contributed by atoms with Crippen LogP contribution in [0.25, 0.3) is 0 Å². The zero-order valence-electron chi connectivity index (χ0n) is 24.8. The maximum atomic E-state index is 12.9. The van der Waals surface area contributed by atoms with Gasteiger partial charge in [-0.25, -0.2) is 4.79 Å². The van der Waals surface area contributed by atoms with E-state index < -0.39 is 40.4 Å². The Morgan fingerprint density at radius 3 is 1.92 bits per heavy atom. The van der Waals surface area contributed by atoms with Gasteiger partial charge < -0.3 is 29.4 Å². The van der Waals surface area contributed by atoms with Crippen LogP contribution in [0.4, 0.5) is 4.79 Å². The van der Waals surface area contributed by atoms with Gasteiger partial charge in [-0.05, 0) is 100 Å². The number of esters is 1. The quantitative estimate of drug-likeness (QED) is 0.227. The summed E-state index contributed by atoms with van der Waals surface area (Å²) in [5, 5.41) is 5.43. The van der Waals surface area contributed by atoms with Crippen molar-refractivity contribution in [3.05, 3.63) is 12.2 Å². The lowest BCUT2D eigenvalue weighted by Gasteiger charge is -2.32. The van der Waals surface area contributed by atoms with Gasteiger partial charge in [0.2, 0.25) is 5.91 Å². The first-order chi connectivity index (χ1) is 16.6. The molecular weight excluding hydrogens is 475 g/mol. The van der Waals surface area contributed by atoms with Gasteiger partial charge in [-0.15, -0.1) is 0 Å². The van der Waals surface area contributed by atoms with E-state index in [2.05, 4.69) is 17.2 Å². The summed E-state index contributed by atoms with van der Waals surface area (Å²) < 4.78 is 22.9. The van der Waals surface area contributed by atoms with Crippen molar-refractivity contribution in [1.29, 1.82) is 0 Å². The highest BCUT2D eigenvalue weighted by molar-refractivity contribution is 6.45. The summed E-state index contributed by atoms with van der Waals surface area (Å²) in [5.74, 6) is -0.919. The fourth-order valence-corrected chi connectivity index (χ4v) is 3.74. The number of carbonyl (C=O) groups excluding carboxylic acids is 3. The van der Waals surface area contributed by atoms with E-state index in [1.54, 1.807) is 27.7 Å². The minimum absolute atomic E-state index is 0.151. The molecule has 1 saturated heterocycles. The van der Waals surface area contributed by atoms with Gasteiger partial charge in [-0.1, -0.05) is 13.0 Å². The predicted molar refractivity (Wildman–Crippen MR) is 145 cm³/mol. The topological polar surface area (TPSA) is 112 Å². The lowest BCUT2D eigenvalue weighted by atomic mass is 9.80. The Bertz CT molecular complexity index is 812. The summed E-state index contributed by atoms with van der Waals surface area (Å²) in [6.45, 7) is 24.5. The van der Waals surface area contributed by atoms with E-state index in [0.29, 0.717) is 18.3 Å². The number of amides is 2. The molecule has 9 nitrogen and oxygen atoms in total. The molecule has 212 valence electrons. The molecule has 1 aliphatic heterocycles. The van der Waals surface area contributed by atoms with E-state index in [1.807, 2.05) is 48.5 Å². The second kappa shape index (κ2) is 12.7. The van der Waals surface area contributed by atoms with Crippen LogP contribution in [-0.2, 0) is 28.4 Å². The van der Waals surface area contributed by atoms with E-state index >= 15 is 0 Å². The smallest absolute Gasteiger partial charge is 0.457 e. The molecule has 0 aliphatic carbocycles. The first-order valence-corrected chi connectivity index (χ1v) is 13.1. The van der Waals surface area contributed by atoms with Crippen LogP contribution in [-0.4, -0.2) is 60.1 Å². The van der Waals surface area contributed by atoms with Crippen LogP contribution in [0.3, 0.4) is 0 Å². The minimum Gasteiger partial charge on any atom is -0.460 e. The molecule has 1 aliphatic rings. The second-order valence-electron chi connectivity index (χ2n) is 12.9. The van der Waals surface area contributed by atoms with Crippen molar-refractivity contribution in [1.82, 2.24) is 10.6 Å². The Morgan fingerprint density at radius 2 is 1.46 bits per heavy atom. The van der Waals surface area contributed by atoms with Crippen molar-refractivity contribution in [2.24, 2.45) is 5.92 Å². The van der Waals surface area contributed by atoms with Crippen LogP contribution in [0.15, 0.2) is 12.2 Å². The molecule has 0 spiro atoms. The van der Waals surface area contributed by atoms with Crippen molar-refractivity contribution in [2.45, 2.75) is 130 Å². The number of nitrogens with one attached hydrogen (secondary N) is 2. The van der Waals surface area contributed by atoms with Crippen molar-refractivity contribution >= 4 is 25.1 Å². The van der Waals surface area contributed by atoms with E-state index in [9.17, 15) is 14.4 Å². The predicted octanol–water partition coefficient (Wildman–Crippen LogP) is 4.79. The SMILES string of the molecule is C=C(C)[C@H](NC(=O)OC(C)(C)C)C(=O)NC[C@H](CCCB1OC(C)(C)C(C)(C)O1)CC(=O)OC(C)(C)C. The van der Waals surface area contributed by atoms with Crippen LogP contribution in [0, 0.1) is 5.92 Å². The Hall–Kier alpha value is -2.07. The van der Waals surface area contributed by atoms with Gasteiger partial charge in [0.15, 0.2) is 0 Å². The van der Waals surface area contributed by atoms with E-state index in [1.165, 1.54) is 0 Å². The second-order valence-corrected chi connectivity index (χ2v) is 12.9. The first-order valence-electron chi connectivity index (χ1n) is 13.1. The minimum atomic E-state index is -0.957. The van der Waals surface area contributed by atoms with Crippen molar-refractivity contribution in [2.75, 3.05) is 6.54 Å². The summed E-state index contributed by atoms with van der Waals surface area (Å²) in [5.41, 5.74) is -1.64. The summed E-state index contributed by atoms with van der Waals surface area (Å²) in [4.78, 5) is 37.7. The monoisotopic (exact) mass is 524 g/mol. The Kier molecular flexibility index (Phi) is 11.3. The number of rotatable bonds is 11. The molecule has 0 unspecified atom stereocenters. The maximum Gasteiger partial charge on any atom is 0.457 e. The molecule has 0 aromatic carbocycles. The van der Waals surface area contributed by atoms with E-state index in [0.717, 1.165) is 6.42 Å². The lowest BCUT2D eigenvalue weighted by molar-refractivity contribution is -0.156. The molecule has 0 aromatic heterocycles. The zero-order valence-corrected chi connectivity index (χ0v) is 24.8. The Labute approximate surface area is 223 Å². The highest BCUT2D eigenvalue weighted by atomic mass is 16.7. The fourth-order valence-electron chi connectivity index (χ4n) is 3.74. The van der Waals surface area contributed by atoms with Gasteiger partial charge >= 0.3 is 19.2 Å². The number of carbonyl (C=O) groups is 3. The molecule has 0 aromatic rings. The normalized spacial score (nSPS) is 18.5. The molecule has 0 radical (unpaired) electrons. The molecule has 0 saturated carbocycles. The van der Waals surface area contributed by atoms with Crippen molar-refractivity contribution in [3.63, 3.8) is 0 Å². The summed E-state index contributed by atoms with van der Waals surface area (Å²) in [6, 6.07) is -0.957. The fraction of sp³-hybridized carbons (Fsp3) is 0.815. The average molecular weight is 525 g/mol. The molecule has 1 fully saturated rings. The maximum absolute atomic E-state index is 12.9. The third-order valence-corrected chi connectivity index (χ3v) is 6.21. The van der Waals surface area contributed by atoms with Gasteiger partial charge in [0.25, 0.3) is 0 Å². The van der Waals surface area contributed by atoms with Crippen LogP contribution < -0.4 is 10.6 Å². The Balaban J connectivity index is 2.79. The van der Waals surface area contributed by atoms with Crippen molar-refractivity contribution in [3.8, 4) is 0 Å². The number of alkyl carbamates (subject to hydrolysis) is 1. The highest BCUT2D eigenvalue weighted by Gasteiger charge is 2.50. The van der Waals surface area contributed by atoms with Crippen molar-refractivity contribution < 1.29 is 33.2 Å². The van der Waals surface area contributed by atoms with Gasteiger partial charge in [0.1, 0.15) is 17.2 Å². The van der Waals surface area contributed by atoms with Crippen LogP contribution >= 0.6 is 0 Å². The summed E-state index contributed by atoms with van der Waals surface area (Å²) in [6.07, 6.45) is 1.50. The molecule has 2 N–H and O–H groups in total. The first kappa shape index (κ1) is 33.0. The summed E-state index contributed by atoms with van der Waals surface area (Å²) >= 11 is 0. The Morgan fingerprint density at radius 1 is 0.946 bits per heavy atom. The van der Waals surface area contributed by atoms with Crippen LogP contribution in [0.5, 0.6) is 0 Å². The van der Waals surface area contributed by atoms with Gasteiger partial charge in [0.05, 0.1) is 17.6 Å². The molecule has 0 bridgehead atoms. The highest BCUT2D eigenvalue weighted by Crippen LogP contribution is 2.38. The largest absolute Gasteiger partial charge is 0.460 e. The number of ether oxygens (including phenoxy) is 2. The lowest BCUT2D eigenvalue weighted by Crippen LogP contribution is -2.49. The molecule has 1 rings (SSSR count). The van der Waals surface area contributed by atoms with Crippen LogP contribution in [0.2, 0.25) is 6.32 Å². The number of hydrogen-bond donors (Lipinski definition) is 2.